The van der Waals surface area contributed by atoms with E-state index in [0.29, 0.717) is 31.4 Å². The Morgan fingerprint density at radius 2 is 2.09 bits per heavy atom. The van der Waals surface area contributed by atoms with Gasteiger partial charge in [0.2, 0.25) is 0 Å². The second-order valence-electron chi connectivity index (χ2n) is 12.2. The zero-order chi connectivity index (χ0) is 24.5. The van der Waals surface area contributed by atoms with Crippen LogP contribution in [0.1, 0.15) is 53.4 Å². The molecule has 0 spiro atoms. The van der Waals surface area contributed by atoms with Gasteiger partial charge in [0.05, 0.1) is 18.1 Å². The Balaban J connectivity index is 1.55. The minimum absolute atomic E-state index is 0.0361. The van der Waals surface area contributed by atoms with Gasteiger partial charge in [-0.3, -0.25) is 9.69 Å². The van der Waals surface area contributed by atoms with Crippen molar-refractivity contribution in [1.29, 1.82) is 0 Å². The number of nitrogens with zero attached hydrogens (tertiary/aromatic N) is 1. The molecular weight excluding hydrogens is 430 g/mol. The third-order valence-electron chi connectivity index (χ3n) is 10.3. The number of hydrogen-bond acceptors (Lipinski definition) is 5. The number of hydrogen-bond donors (Lipinski definition) is 1. The van der Waals surface area contributed by atoms with Crippen LogP contribution in [-0.4, -0.2) is 60.9 Å². The smallest absolute Gasteiger partial charge is 0.315 e. The molecule has 0 aromatic carbocycles. The predicted molar refractivity (Wildman–Crippen MR) is 129 cm³/mol. The van der Waals surface area contributed by atoms with Crippen LogP contribution in [0.4, 0.5) is 0 Å². The Bertz CT molecular complexity index is 899. The molecule has 2 unspecified atom stereocenters. The number of carboxylic acid groups (broad SMARTS) is 1. The Morgan fingerprint density at radius 3 is 2.74 bits per heavy atom. The molecule has 34 heavy (non-hydrogen) atoms. The third kappa shape index (κ3) is 2.91. The van der Waals surface area contributed by atoms with Gasteiger partial charge < -0.3 is 19.4 Å². The topological polar surface area (TPSA) is 76.1 Å². The molecule has 1 heterocycles. The Labute approximate surface area is 203 Å². The van der Waals surface area contributed by atoms with Crippen molar-refractivity contribution in [3.05, 3.63) is 24.3 Å². The van der Waals surface area contributed by atoms with E-state index in [4.69, 9.17) is 9.47 Å². The van der Waals surface area contributed by atoms with E-state index >= 15 is 0 Å². The van der Waals surface area contributed by atoms with Gasteiger partial charge in [-0.25, -0.2) is 0 Å². The Kier molecular flexibility index (Phi) is 5.89. The molecule has 1 saturated heterocycles. The Morgan fingerprint density at radius 1 is 1.32 bits per heavy atom. The highest BCUT2D eigenvalue weighted by Crippen LogP contribution is 2.82. The molecule has 6 nitrogen and oxygen atoms in total. The standard InChI is InChI=1S/C28H41NO5/c1-6-9-29-13-19(5)34-24(14-29)33-16-27-12-21-18(4)7-8-22(21)26(15-30)11-20(27)10-23(17(2)3)28(26,27)25(31)32/h6,10,15,17-22,24H,1,7-9,11-14,16H2,2-5H3,(H,31,32)/t18-,19-,20+,21-,22-,24-,26?,27?,28+/m1/s1. The lowest BCUT2D eigenvalue weighted by Crippen LogP contribution is -2.64. The lowest BCUT2D eigenvalue weighted by atomic mass is 9.43. The summed E-state index contributed by atoms with van der Waals surface area (Å²) < 4.78 is 12.7. The SMILES string of the molecule is C=CCN1C[C@H](OCC23C[C@@H]4[C@H](C)CC[C@H]4C4(C=O)C[C@@H]2C=C(C(C)C)[C@]43C(=O)O)O[C@H](C)C1. The van der Waals surface area contributed by atoms with E-state index in [1.807, 2.05) is 13.0 Å². The normalized spacial score (nSPS) is 47.5. The van der Waals surface area contributed by atoms with Crippen LogP contribution >= 0.6 is 0 Å². The molecule has 0 radical (unpaired) electrons. The molecule has 3 saturated carbocycles. The van der Waals surface area contributed by atoms with Crippen molar-refractivity contribution in [2.24, 2.45) is 45.8 Å². The van der Waals surface area contributed by atoms with E-state index < -0.39 is 28.5 Å². The van der Waals surface area contributed by atoms with E-state index in [9.17, 15) is 14.7 Å². The molecule has 4 bridgehead atoms. The van der Waals surface area contributed by atoms with Crippen LogP contribution in [-0.2, 0) is 19.1 Å². The lowest BCUT2D eigenvalue weighted by molar-refractivity contribution is -0.235. The first-order chi connectivity index (χ1) is 16.2. The molecule has 5 aliphatic rings. The fraction of sp³-hybridized carbons (Fsp3) is 0.786. The molecule has 1 N–H and O–H groups in total. The molecule has 1 aliphatic heterocycles. The zero-order valence-electron chi connectivity index (χ0n) is 21.2. The lowest BCUT2D eigenvalue weighted by Gasteiger charge is -2.58. The van der Waals surface area contributed by atoms with Crippen molar-refractivity contribution in [2.75, 3.05) is 26.2 Å². The number of fused-ring (bicyclic) bond motifs is 2. The number of carboxylic acids is 1. The van der Waals surface area contributed by atoms with Crippen molar-refractivity contribution in [2.45, 2.75) is 65.8 Å². The van der Waals surface area contributed by atoms with E-state index in [2.05, 4.69) is 38.3 Å². The van der Waals surface area contributed by atoms with Crippen molar-refractivity contribution in [3.8, 4) is 0 Å². The van der Waals surface area contributed by atoms with Crippen molar-refractivity contribution in [3.63, 3.8) is 0 Å². The summed E-state index contributed by atoms with van der Waals surface area (Å²) in [7, 11) is 0. The highest BCUT2D eigenvalue weighted by molar-refractivity contribution is 5.90. The van der Waals surface area contributed by atoms with Gasteiger partial charge in [0.15, 0.2) is 6.29 Å². The number of morpholine rings is 1. The summed E-state index contributed by atoms with van der Waals surface area (Å²) in [4.78, 5) is 28.8. The van der Waals surface area contributed by atoms with Crippen LogP contribution in [0.2, 0.25) is 0 Å². The fourth-order valence-corrected chi connectivity index (χ4v) is 9.29. The third-order valence-corrected chi connectivity index (χ3v) is 10.3. The summed E-state index contributed by atoms with van der Waals surface area (Å²) in [6.07, 6.45) is 8.30. The van der Waals surface area contributed by atoms with Crippen LogP contribution < -0.4 is 0 Å². The van der Waals surface area contributed by atoms with Gasteiger partial charge in [0.25, 0.3) is 0 Å². The summed E-state index contributed by atoms with van der Waals surface area (Å²) in [6, 6.07) is 0. The van der Waals surface area contributed by atoms with Gasteiger partial charge in [-0.15, -0.1) is 6.58 Å². The number of carbonyl (C=O) groups excluding carboxylic acids is 1. The van der Waals surface area contributed by atoms with Gasteiger partial charge in [0.1, 0.15) is 11.7 Å². The monoisotopic (exact) mass is 471 g/mol. The number of ether oxygens (including phenoxy) is 2. The largest absolute Gasteiger partial charge is 0.481 e. The average Bonchev–Trinajstić information content (AvgIpc) is 3.35. The van der Waals surface area contributed by atoms with Gasteiger partial charge in [-0.1, -0.05) is 44.9 Å². The fourth-order valence-electron chi connectivity index (χ4n) is 9.29. The molecule has 4 fully saturated rings. The summed E-state index contributed by atoms with van der Waals surface area (Å²) >= 11 is 0. The van der Waals surface area contributed by atoms with Gasteiger partial charge in [0, 0.05) is 25.0 Å². The highest BCUT2D eigenvalue weighted by atomic mass is 16.7. The van der Waals surface area contributed by atoms with Crippen LogP contribution in [0.3, 0.4) is 0 Å². The summed E-state index contributed by atoms with van der Waals surface area (Å²) in [5, 5.41) is 11.0. The maximum absolute atomic E-state index is 13.5. The first-order valence-corrected chi connectivity index (χ1v) is 13.2. The number of aliphatic carboxylic acids is 1. The van der Waals surface area contributed by atoms with Gasteiger partial charge in [-0.05, 0) is 55.8 Å². The van der Waals surface area contributed by atoms with Crippen LogP contribution in [0.5, 0.6) is 0 Å². The first kappa shape index (κ1) is 24.2. The van der Waals surface area contributed by atoms with E-state index in [1.165, 1.54) is 0 Å². The molecule has 4 aliphatic carbocycles. The van der Waals surface area contributed by atoms with Crippen LogP contribution in [0.15, 0.2) is 24.3 Å². The molecule has 9 atom stereocenters. The van der Waals surface area contributed by atoms with E-state index in [-0.39, 0.29) is 23.9 Å². The molecule has 0 amide bonds. The zero-order valence-corrected chi connectivity index (χ0v) is 21.2. The van der Waals surface area contributed by atoms with Crippen LogP contribution in [0, 0.1) is 45.8 Å². The quantitative estimate of drug-likeness (QED) is 0.423. The average molecular weight is 472 g/mol. The maximum Gasteiger partial charge on any atom is 0.315 e. The number of allylic oxidation sites excluding steroid dienone is 1. The molecule has 188 valence electrons. The minimum Gasteiger partial charge on any atom is -0.481 e. The van der Waals surface area contributed by atoms with Crippen molar-refractivity contribution < 1.29 is 24.2 Å². The van der Waals surface area contributed by atoms with Crippen molar-refractivity contribution >= 4 is 12.3 Å². The molecule has 0 aromatic heterocycles. The number of aldehydes is 1. The molecule has 0 aromatic rings. The molecular formula is C28H41NO5. The van der Waals surface area contributed by atoms with E-state index in [0.717, 1.165) is 44.2 Å². The number of rotatable bonds is 8. The van der Waals surface area contributed by atoms with Crippen molar-refractivity contribution in [1.82, 2.24) is 4.90 Å². The summed E-state index contributed by atoms with van der Waals surface area (Å²) in [5.41, 5.74) is -1.68. The summed E-state index contributed by atoms with van der Waals surface area (Å²) in [5.74, 6) is 0.315. The van der Waals surface area contributed by atoms with Gasteiger partial charge in [-0.2, -0.15) is 0 Å². The predicted octanol–water partition coefficient (Wildman–Crippen LogP) is 4.16. The molecule has 6 heteroatoms. The maximum atomic E-state index is 13.5. The second-order valence-corrected chi connectivity index (χ2v) is 12.2. The van der Waals surface area contributed by atoms with Gasteiger partial charge >= 0.3 is 5.97 Å². The second kappa shape index (κ2) is 8.28. The summed E-state index contributed by atoms with van der Waals surface area (Å²) in [6.45, 7) is 14.9. The molecule has 5 rings (SSSR count). The first-order valence-electron chi connectivity index (χ1n) is 13.2. The van der Waals surface area contributed by atoms with Crippen LogP contribution in [0.25, 0.3) is 0 Å². The van der Waals surface area contributed by atoms with E-state index in [1.54, 1.807) is 0 Å². The number of carbonyl (C=O) groups is 2. The Hall–Kier alpha value is -1.50. The minimum atomic E-state index is -1.19. The highest BCUT2D eigenvalue weighted by Gasteiger charge is 2.84.